The number of unbranched alkanes of at least 4 members (excludes halogenated alkanes) is 2. The van der Waals surface area contributed by atoms with E-state index in [1.54, 1.807) is 0 Å². The molecule has 0 radical (unpaired) electrons. The van der Waals surface area contributed by atoms with Gasteiger partial charge >= 0.3 is 0 Å². The second kappa shape index (κ2) is 11.5. The molecule has 1 aromatic heterocycles. The highest BCUT2D eigenvalue weighted by Crippen LogP contribution is 2.28. The molecule has 3 heteroatoms. The lowest BCUT2D eigenvalue weighted by Crippen LogP contribution is -3.00. The summed E-state index contributed by atoms with van der Waals surface area (Å²) in [4.78, 5) is 0. The van der Waals surface area contributed by atoms with E-state index in [9.17, 15) is 0 Å². The molecule has 1 saturated carbocycles. The van der Waals surface area contributed by atoms with E-state index in [4.69, 9.17) is 4.74 Å². The Morgan fingerprint density at radius 3 is 2.38 bits per heavy atom. The Bertz CT molecular complexity index is 874. The van der Waals surface area contributed by atoms with Gasteiger partial charge in [-0.3, -0.25) is 0 Å². The quantitative estimate of drug-likeness (QED) is 0.258. The molecule has 0 bridgehead atoms. The highest BCUT2D eigenvalue weighted by atomic mass is 127. The van der Waals surface area contributed by atoms with Gasteiger partial charge < -0.3 is 28.7 Å². The molecular formula is C26H32INO. The average Bonchev–Trinajstić information content (AvgIpc) is 2.75. The smallest absolute Gasteiger partial charge is 0.212 e. The lowest BCUT2D eigenvalue weighted by Gasteiger charge is -2.21. The fourth-order valence-corrected chi connectivity index (χ4v) is 4.52. The first kappa shape index (κ1) is 22.1. The summed E-state index contributed by atoms with van der Waals surface area (Å²) in [5, 5.41) is 1.23. The summed E-state index contributed by atoms with van der Waals surface area (Å²) in [6, 6.07) is 20.8. The molecular weight excluding hydrogens is 469 g/mol. The molecule has 1 aliphatic rings. The molecule has 29 heavy (non-hydrogen) atoms. The highest BCUT2D eigenvalue weighted by molar-refractivity contribution is 5.76. The van der Waals surface area contributed by atoms with E-state index in [1.807, 2.05) is 30.3 Å². The largest absolute Gasteiger partial charge is 1.00 e. The van der Waals surface area contributed by atoms with Gasteiger partial charge in [0.1, 0.15) is 12.3 Å². The number of pyridine rings is 1. The molecule has 0 N–H and O–H groups in total. The fraction of sp³-hybridized carbons (Fsp3) is 0.423. The van der Waals surface area contributed by atoms with Gasteiger partial charge in [-0.15, -0.1) is 0 Å². The van der Waals surface area contributed by atoms with Gasteiger partial charge in [-0.2, -0.15) is 4.57 Å². The van der Waals surface area contributed by atoms with Crippen molar-refractivity contribution in [1.82, 2.24) is 0 Å². The molecule has 2 aromatic carbocycles. The first-order valence-electron chi connectivity index (χ1n) is 11.0. The van der Waals surface area contributed by atoms with E-state index in [0.29, 0.717) is 0 Å². The number of para-hydroxylation sites is 2. The third-order valence-corrected chi connectivity index (χ3v) is 6.04. The summed E-state index contributed by atoms with van der Waals surface area (Å²) in [6.07, 6.45) is 14.8. The minimum absolute atomic E-state index is 0. The standard InChI is InChI=1S/C26H32NO.HI/c1-4-12-22(13-5-1)14-6-3-11-19-27-21-25(28-24-16-7-2-8-17-24)20-23-15-9-10-18-26(23)27;/h2,7-10,15-18,20-22H,1,3-6,11-14,19H2;1H/q+1;/p-1. The summed E-state index contributed by atoms with van der Waals surface area (Å²) in [7, 11) is 0. The number of hydrogen-bond donors (Lipinski definition) is 0. The van der Waals surface area contributed by atoms with Crippen LogP contribution in [0.2, 0.25) is 0 Å². The maximum atomic E-state index is 6.11. The van der Waals surface area contributed by atoms with E-state index in [0.717, 1.165) is 24.0 Å². The summed E-state index contributed by atoms with van der Waals surface area (Å²) in [5.41, 5.74) is 1.29. The van der Waals surface area contributed by atoms with Crippen molar-refractivity contribution in [1.29, 1.82) is 0 Å². The molecule has 0 unspecified atom stereocenters. The van der Waals surface area contributed by atoms with Crippen LogP contribution >= 0.6 is 0 Å². The van der Waals surface area contributed by atoms with E-state index in [2.05, 4.69) is 41.1 Å². The Morgan fingerprint density at radius 1 is 0.793 bits per heavy atom. The van der Waals surface area contributed by atoms with Crippen molar-refractivity contribution < 1.29 is 33.3 Å². The number of hydrogen-bond acceptors (Lipinski definition) is 1. The normalized spacial score (nSPS) is 14.5. The van der Waals surface area contributed by atoms with Gasteiger partial charge in [-0.25, -0.2) is 0 Å². The van der Waals surface area contributed by atoms with E-state index < -0.39 is 0 Å². The number of aryl methyl sites for hydroxylation is 1. The summed E-state index contributed by atoms with van der Waals surface area (Å²) in [5.74, 6) is 2.80. The van der Waals surface area contributed by atoms with E-state index in [1.165, 1.54) is 68.7 Å². The van der Waals surface area contributed by atoms with Crippen LogP contribution in [0.3, 0.4) is 0 Å². The zero-order valence-corrected chi connectivity index (χ0v) is 19.4. The topological polar surface area (TPSA) is 13.1 Å². The van der Waals surface area contributed by atoms with Crippen molar-refractivity contribution in [3.63, 3.8) is 0 Å². The van der Waals surface area contributed by atoms with Gasteiger partial charge in [-0.05, 0) is 30.5 Å². The zero-order valence-electron chi connectivity index (χ0n) is 17.2. The predicted molar refractivity (Wildman–Crippen MR) is 116 cm³/mol. The third kappa shape index (κ3) is 6.43. The van der Waals surface area contributed by atoms with E-state index >= 15 is 0 Å². The lowest BCUT2D eigenvalue weighted by atomic mass is 9.85. The van der Waals surface area contributed by atoms with Gasteiger partial charge in [0.05, 0.1) is 5.39 Å². The van der Waals surface area contributed by atoms with Crippen molar-refractivity contribution in [2.75, 3.05) is 0 Å². The third-order valence-electron chi connectivity index (χ3n) is 6.04. The Labute approximate surface area is 192 Å². The van der Waals surface area contributed by atoms with Crippen LogP contribution in [0, 0.1) is 5.92 Å². The molecule has 2 nitrogen and oxygen atoms in total. The Morgan fingerprint density at radius 2 is 1.55 bits per heavy atom. The molecule has 1 aliphatic carbocycles. The average molecular weight is 501 g/mol. The van der Waals surface area contributed by atoms with Gasteiger partial charge in [0.15, 0.2) is 5.75 Å². The first-order valence-corrected chi connectivity index (χ1v) is 11.0. The molecule has 3 aromatic rings. The SMILES string of the molecule is [I-].c1ccc(Oc2cc3ccccc3[n+](CCCCCC3CCCCC3)c2)cc1. The summed E-state index contributed by atoms with van der Waals surface area (Å²) < 4.78 is 8.48. The van der Waals surface area contributed by atoms with Crippen molar-refractivity contribution in [2.45, 2.75) is 64.3 Å². The fourth-order valence-electron chi connectivity index (χ4n) is 4.52. The molecule has 0 atom stereocenters. The number of rotatable bonds is 8. The van der Waals surface area contributed by atoms with Crippen molar-refractivity contribution >= 4 is 10.9 Å². The first-order chi connectivity index (χ1) is 13.9. The van der Waals surface area contributed by atoms with Crippen LogP contribution in [0.25, 0.3) is 10.9 Å². The van der Waals surface area contributed by atoms with Crippen LogP contribution in [0.15, 0.2) is 66.9 Å². The monoisotopic (exact) mass is 501 g/mol. The summed E-state index contributed by atoms with van der Waals surface area (Å²) >= 11 is 0. The Kier molecular flexibility index (Phi) is 8.78. The van der Waals surface area contributed by atoms with Gasteiger partial charge in [-0.1, -0.05) is 75.3 Å². The number of aromatic nitrogens is 1. The van der Waals surface area contributed by atoms with Crippen LogP contribution in [0.4, 0.5) is 0 Å². The maximum absolute atomic E-state index is 6.11. The second-order valence-electron chi connectivity index (χ2n) is 8.20. The molecule has 4 rings (SSSR count). The maximum Gasteiger partial charge on any atom is 0.212 e. The predicted octanol–water partition coefficient (Wildman–Crippen LogP) is 4.06. The van der Waals surface area contributed by atoms with Gasteiger partial charge in [0.25, 0.3) is 0 Å². The van der Waals surface area contributed by atoms with Crippen molar-refractivity contribution in [3.8, 4) is 11.5 Å². The minimum atomic E-state index is 0. The van der Waals surface area contributed by atoms with Crippen molar-refractivity contribution in [2.24, 2.45) is 5.92 Å². The minimum Gasteiger partial charge on any atom is -1.00 e. The number of nitrogens with zero attached hydrogens (tertiary/aromatic N) is 1. The highest BCUT2D eigenvalue weighted by Gasteiger charge is 2.14. The zero-order chi connectivity index (χ0) is 19.0. The van der Waals surface area contributed by atoms with Crippen LogP contribution in [0.1, 0.15) is 57.8 Å². The molecule has 0 amide bonds. The number of fused-ring (bicyclic) bond motifs is 1. The molecule has 1 fully saturated rings. The summed E-state index contributed by atoms with van der Waals surface area (Å²) in [6.45, 7) is 1.05. The van der Waals surface area contributed by atoms with Crippen LogP contribution in [-0.2, 0) is 6.54 Å². The molecule has 154 valence electrons. The molecule has 0 spiro atoms. The van der Waals surface area contributed by atoms with Crippen LogP contribution in [0.5, 0.6) is 11.5 Å². The Hall–Kier alpha value is -1.62. The van der Waals surface area contributed by atoms with Crippen molar-refractivity contribution in [3.05, 3.63) is 66.9 Å². The van der Waals surface area contributed by atoms with Gasteiger partial charge in [0.2, 0.25) is 11.7 Å². The van der Waals surface area contributed by atoms with Gasteiger partial charge in [0, 0.05) is 18.6 Å². The second-order valence-corrected chi connectivity index (χ2v) is 8.20. The Balaban J connectivity index is 0.00000240. The number of benzene rings is 2. The molecule has 0 saturated heterocycles. The molecule has 0 aliphatic heterocycles. The lowest BCUT2D eigenvalue weighted by molar-refractivity contribution is -0.672. The van der Waals surface area contributed by atoms with Crippen LogP contribution in [-0.4, -0.2) is 0 Å². The number of halogens is 1. The number of ether oxygens (including phenoxy) is 1. The van der Waals surface area contributed by atoms with E-state index in [-0.39, 0.29) is 24.0 Å². The molecule has 1 heterocycles. The van der Waals surface area contributed by atoms with Crippen LogP contribution < -0.4 is 33.3 Å².